The van der Waals surface area contributed by atoms with Gasteiger partial charge in [0, 0.05) is 23.5 Å². The van der Waals surface area contributed by atoms with E-state index in [-0.39, 0.29) is 44.0 Å². The van der Waals surface area contributed by atoms with Crippen molar-refractivity contribution < 1.29 is 21.6 Å². The number of nitrogens with zero attached hydrogens (tertiary/aromatic N) is 3. The fourth-order valence-corrected chi connectivity index (χ4v) is 6.41. The number of aryl methyl sites for hydroxylation is 1. The molecule has 33 heavy (non-hydrogen) atoms. The molecule has 2 aromatic carbocycles. The van der Waals surface area contributed by atoms with Crippen molar-refractivity contribution in [2.45, 2.75) is 16.3 Å². The quantitative estimate of drug-likeness (QED) is 0.348. The first-order valence-electron chi connectivity index (χ1n) is 9.49. The molecule has 13 heteroatoms. The molecule has 2 aromatic heterocycles. The summed E-state index contributed by atoms with van der Waals surface area (Å²) in [4.78, 5) is -0.243. The molecule has 4 rings (SSSR count). The highest BCUT2D eigenvalue weighted by Crippen LogP contribution is 2.33. The van der Waals surface area contributed by atoms with Crippen molar-refractivity contribution in [3.8, 4) is 5.75 Å². The van der Waals surface area contributed by atoms with Crippen molar-refractivity contribution in [3.63, 3.8) is 0 Å². The fourth-order valence-electron chi connectivity index (χ4n) is 3.27. The van der Waals surface area contributed by atoms with E-state index in [1.54, 1.807) is 24.3 Å². The van der Waals surface area contributed by atoms with Crippen LogP contribution in [-0.4, -0.2) is 43.6 Å². The lowest BCUT2D eigenvalue weighted by atomic mass is 10.2. The summed E-state index contributed by atoms with van der Waals surface area (Å²) in [6, 6.07) is 12.2. The lowest BCUT2D eigenvalue weighted by Crippen LogP contribution is -2.14. The number of methoxy groups -OCH3 is 1. The third-order valence-corrected chi connectivity index (χ3v) is 8.50. The zero-order chi connectivity index (χ0) is 23.8. The van der Waals surface area contributed by atoms with Crippen molar-refractivity contribution >= 4 is 59.8 Å². The molecule has 0 aliphatic carbocycles. The topological polar surface area (TPSA) is 112 Å². The van der Waals surface area contributed by atoms with E-state index in [1.807, 2.05) is 0 Å². The van der Waals surface area contributed by atoms with Gasteiger partial charge in [0.25, 0.3) is 20.0 Å². The monoisotopic (exact) mass is 528 g/mol. The Labute approximate surface area is 200 Å². The number of ether oxygens (including phenoxy) is 1. The van der Waals surface area contributed by atoms with Gasteiger partial charge >= 0.3 is 0 Å². The predicted octanol–water partition coefficient (Wildman–Crippen LogP) is 3.78. The minimum absolute atomic E-state index is 0.00650. The number of sulfonamides is 1. The van der Waals surface area contributed by atoms with Gasteiger partial charge in [-0.15, -0.1) is 11.6 Å². The molecule has 0 fully saturated rings. The Morgan fingerprint density at radius 3 is 2.48 bits per heavy atom. The van der Waals surface area contributed by atoms with Gasteiger partial charge in [-0.1, -0.05) is 29.8 Å². The smallest absolute Gasteiger partial charge is 0.268 e. The lowest BCUT2D eigenvalue weighted by molar-refractivity contribution is 0.415. The van der Waals surface area contributed by atoms with Crippen LogP contribution in [0.25, 0.3) is 10.9 Å². The first kappa shape index (κ1) is 23.4. The summed E-state index contributed by atoms with van der Waals surface area (Å²) in [5, 5.41) is 4.25. The summed E-state index contributed by atoms with van der Waals surface area (Å²) in [6.45, 7) is 0.288. The Balaban J connectivity index is 1.88. The van der Waals surface area contributed by atoms with Crippen LogP contribution in [0.5, 0.6) is 5.75 Å². The molecule has 0 spiro atoms. The van der Waals surface area contributed by atoms with Crippen LogP contribution < -0.4 is 9.46 Å². The minimum atomic E-state index is -4.25. The number of benzene rings is 2. The van der Waals surface area contributed by atoms with E-state index in [4.69, 9.17) is 27.9 Å². The van der Waals surface area contributed by atoms with Crippen molar-refractivity contribution in [3.05, 3.63) is 66.1 Å². The predicted molar refractivity (Wildman–Crippen MR) is 126 cm³/mol. The highest BCUT2D eigenvalue weighted by molar-refractivity contribution is 7.93. The molecular formula is C20H18Cl2N4O5S2. The van der Waals surface area contributed by atoms with Crippen LogP contribution in [0, 0.1) is 0 Å². The maximum Gasteiger partial charge on any atom is 0.268 e. The van der Waals surface area contributed by atoms with E-state index in [0.717, 1.165) is 10.2 Å². The minimum Gasteiger partial charge on any atom is -0.497 e. The van der Waals surface area contributed by atoms with Gasteiger partial charge < -0.3 is 4.74 Å². The van der Waals surface area contributed by atoms with E-state index in [1.165, 1.54) is 42.3 Å². The van der Waals surface area contributed by atoms with Crippen molar-refractivity contribution in [2.75, 3.05) is 17.7 Å². The molecule has 0 radical (unpaired) electrons. The molecule has 174 valence electrons. The van der Waals surface area contributed by atoms with Gasteiger partial charge in [0.1, 0.15) is 16.3 Å². The van der Waals surface area contributed by atoms with Crippen molar-refractivity contribution in [1.82, 2.24) is 13.8 Å². The molecule has 4 aromatic rings. The summed E-state index contributed by atoms with van der Waals surface area (Å²) in [5.74, 6) is 0.604. The van der Waals surface area contributed by atoms with Crippen molar-refractivity contribution in [1.29, 1.82) is 0 Å². The van der Waals surface area contributed by atoms with Gasteiger partial charge in [-0.05, 0) is 24.3 Å². The second-order valence-corrected chi connectivity index (χ2v) is 11.1. The molecule has 0 bridgehead atoms. The first-order chi connectivity index (χ1) is 15.7. The number of nitrogens with one attached hydrogen (secondary N) is 1. The summed E-state index contributed by atoms with van der Waals surface area (Å²) >= 11 is 11.9. The van der Waals surface area contributed by atoms with Gasteiger partial charge in [0.05, 0.1) is 30.3 Å². The Hall–Kier alpha value is -2.73. The van der Waals surface area contributed by atoms with E-state index in [9.17, 15) is 16.8 Å². The van der Waals surface area contributed by atoms with Gasteiger partial charge in [-0.25, -0.2) is 20.8 Å². The van der Waals surface area contributed by atoms with Gasteiger partial charge in [-0.2, -0.15) is 5.10 Å². The number of hydrogen-bond donors (Lipinski definition) is 1. The maximum atomic E-state index is 13.3. The van der Waals surface area contributed by atoms with Crippen LogP contribution in [0.2, 0.25) is 5.15 Å². The van der Waals surface area contributed by atoms with Crippen LogP contribution in [0.4, 0.5) is 5.69 Å². The van der Waals surface area contributed by atoms with Crippen LogP contribution in [0.1, 0.15) is 0 Å². The van der Waals surface area contributed by atoms with Crippen LogP contribution in [-0.2, 0) is 26.6 Å². The number of aromatic nitrogens is 3. The summed E-state index contributed by atoms with van der Waals surface area (Å²) in [7, 11) is -6.92. The van der Waals surface area contributed by atoms with E-state index in [0.29, 0.717) is 5.75 Å². The third kappa shape index (κ3) is 4.29. The Bertz CT molecular complexity index is 1530. The molecule has 2 heterocycles. The maximum absolute atomic E-state index is 13.3. The molecule has 0 aliphatic rings. The Kier molecular flexibility index (Phi) is 6.32. The second kappa shape index (κ2) is 8.90. The highest BCUT2D eigenvalue weighted by Gasteiger charge is 2.28. The molecule has 1 N–H and O–H groups in total. The first-order valence-corrected chi connectivity index (χ1v) is 13.3. The Morgan fingerprint density at radius 2 is 1.82 bits per heavy atom. The zero-order valence-corrected chi connectivity index (χ0v) is 20.3. The second-order valence-electron chi connectivity index (χ2n) is 6.86. The summed E-state index contributed by atoms with van der Waals surface area (Å²) in [6.07, 6.45) is 2.32. The third-order valence-electron chi connectivity index (χ3n) is 4.85. The van der Waals surface area contributed by atoms with Gasteiger partial charge in [0.15, 0.2) is 5.15 Å². The molecular weight excluding hydrogens is 511 g/mol. The van der Waals surface area contributed by atoms with E-state index >= 15 is 0 Å². The molecule has 0 amide bonds. The lowest BCUT2D eigenvalue weighted by Gasteiger charge is -2.08. The van der Waals surface area contributed by atoms with E-state index in [2.05, 4.69) is 9.82 Å². The average Bonchev–Trinajstić information content (AvgIpc) is 3.36. The number of fused-ring (bicyclic) bond motifs is 1. The molecule has 0 aliphatic heterocycles. The zero-order valence-electron chi connectivity index (χ0n) is 17.1. The largest absolute Gasteiger partial charge is 0.497 e. The number of alkyl halides is 1. The highest BCUT2D eigenvalue weighted by atomic mass is 35.5. The normalized spacial score (nSPS) is 12.2. The number of halogens is 2. The number of hydrogen-bond acceptors (Lipinski definition) is 6. The molecule has 0 atom stereocenters. The standard InChI is InChI=1S/C20H18Cl2N4O5S2/c1-31-14-7-8-16-18(11-14)26(33(29,30)15-5-3-2-4-6-15)13-19(16)32(27,28)24-17-12-23-25(10-9-21)20(17)22/h2-8,11-13,24H,9-10H2,1H3. The van der Waals surface area contributed by atoms with Crippen LogP contribution in [0.3, 0.4) is 0 Å². The average molecular weight is 529 g/mol. The summed E-state index contributed by atoms with van der Waals surface area (Å²) in [5.41, 5.74) is 0.185. The van der Waals surface area contributed by atoms with E-state index < -0.39 is 20.0 Å². The van der Waals surface area contributed by atoms with Crippen LogP contribution in [0.15, 0.2) is 70.7 Å². The fraction of sp³-hybridized carbons (Fsp3) is 0.150. The Morgan fingerprint density at radius 1 is 1.09 bits per heavy atom. The number of rotatable bonds is 8. The SMILES string of the molecule is COc1ccc2c(S(=O)(=O)Nc3cnn(CCCl)c3Cl)cn(S(=O)(=O)c3ccccc3)c2c1. The van der Waals surface area contributed by atoms with Gasteiger partial charge in [-0.3, -0.25) is 9.40 Å². The van der Waals surface area contributed by atoms with Crippen LogP contribution >= 0.6 is 23.2 Å². The molecule has 0 saturated heterocycles. The number of anilines is 1. The molecule has 0 unspecified atom stereocenters. The summed E-state index contributed by atoms with van der Waals surface area (Å²) < 4.78 is 63.1. The molecule has 9 nitrogen and oxygen atoms in total. The molecule has 0 saturated carbocycles. The van der Waals surface area contributed by atoms with Crippen molar-refractivity contribution in [2.24, 2.45) is 0 Å². The van der Waals surface area contributed by atoms with Gasteiger partial charge in [0.2, 0.25) is 0 Å².